The Morgan fingerprint density at radius 1 is 1.29 bits per heavy atom. The van der Waals surface area contributed by atoms with E-state index < -0.39 is 15.8 Å². The number of rotatable bonds is 3. The molecule has 1 saturated heterocycles. The van der Waals surface area contributed by atoms with Gasteiger partial charge in [0.1, 0.15) is 12.3 Å². The molecule has 0 radical (unpaired) electrons. The van der Waals surface area contributed by atoms with Crippen molar-refractivity contribution in [2.24, 2.45) is 0 Å². The van der Waals surface area contributed by atoms with Crippen molar-refractivity contribution >= 4 is 10.1 Å². The summed E-state index contributed by atoms with van der Waals surface area (Å²) >= 11 is 0. The van der Waals surface area contributed by atoms with Gasteiger partial charge in [0.2, 0.25) is 0 Å². The molecule has 4 nitrogen and oxygen atoms in total. The van der Waals surface area contributed by atoms with Gasteiger partial charge >= 0.3 is 0 Å². The topological polar surface area (TPSA) is 46.6 Å². The highest BCUT2D eigenvalue weighted by Crippen LogP contribution is 2.30. The van der Waals surface area contributed by atoms with E-state index >= 15 is 0 Å². The minimum atomic E-state index is -3.56. The maximum atomic E-state index is 14.2. The van der Waals surface area contributed by atoms with E-state index in [0.29, 0.717) is 25.9 Å². The Labute approximate surface area is 103 Å². The molecule has 0 aliphatic carbocycles. The minimum absolute atomic E-state index is 0.0268. The second-order valence-corrected chi connectivity index (χ2v) is 7.42. The van der Waals surface area contributed by atoms with Crippen LogP contribution in [0.15, 0.2) is 0 Å². The van der Waals surface area contributed by atoms with Gasteiger partial charge in [-0.1, -0.05) is 0 Å². The van der Waals surface area contributed by atoms with Gasteiger partial charge in [0.05, 0.1) is 6.26 Å². The first-order valence-electron chi connectivity index (χ1n) is 5.80. The number of alkyl halides is 1. The Morgan fingerprint density at radius 2 is 1.76 bits per heavy atom. The second kappa shape index (κ2) is 4.82. The van der Waals surface area contributed by atoms with Gasteiger partial charge in [-0.2, -0.15) is 8.42 Å². The van der Waals surface area contributed by atoms with Crippen LogP contribution in [0, 0.1) is 0 Å². The van der Waals surface area contributed by atoms with Crippen molar-refractivity contribution in [3.05, 3.63) is 0 Å². The van der Waals surface area contributed by atoms with Crippen LogP contribution in [0.4, 0.5) is 4.39 Å². The highest BCUT2D eigenvalue weighted by Gasteiger charge is 2.38. The first kappa shape index (κ1) is 14.9. The average Bonchev–Trinajstić information content (AvgIpc) is 2.13. The van der Waals surface area contributed by atoms with Gasteiger partial charge in [-0.15, -0.1) is 0 Å². The number of piperidine rings is 1. The third kappa shape index (κ3) is 4.89. The summed E-state index contributed by atoms with van der Waals surface area (Å²) in [4.78, 5) is 2.20. The number of nitrogens with zero attached hydrogens (tertiary/aromatic N) is 1. The predicted octanol–water partition coefficient (Wildman–Crippen LogP) is 1.57. The molecule has 0 unspecified atom stereocenters. The van der Waals surface area contributed by atoms with E-state index in [-0.39, 0.29) is 12.1 Å². The zero-order chi connectivity index (χ0) is 13.3. The standard InChI is InChI=1S/C11H22FNO3S/c1-10(2,3)13-7-5-11(12,6-8-13)9-16-17(4,14)15/h5-9H2,1-4H3. The fourth-order valence-corrected chi connectivity index (χ4v) is 2.36. The lowest BCUT2D eigenvalue weighted by Crippen LogP contribution is -2.51. The molecular weight excluding hydrogens is 245 g/mol. The van der Waals surface area contributed by atoms with Crippen molar-refractivity contribution in [2.45, 2.75) is 44.8 Å². The molecule has 1 heterocycles. The molecule has 0 saturated carbocycles. The van der Waals surface area contributed by atoms with Crippen molar-refractivity contribution in [3.8, 4) is 0 Å². The van der Waals surface area contributed by atoms with Crippen molar-refractivity contribution in [3.63, 3.8) is 0 Å². The first-order valence-corrected chi connectivity index (χ1v) is 7.62. The lowest BCUT2D eigenvalue weighted by Gasteiger charge is -2.42. The van der Waals surface area contributed by atoms with E-state index in [0.717, 1.165) is 6.26 Å². The van der Waals surface area contributed by atoms with E-state index in [1.54, 1.807) is 0 Å². The number of halogens is 1. The first-order chi connectivity index (χ1) is 7.52. The minimum Gasteiger partial charge on any atom is -0.298 e. The van der Waals surface area contributed by atoms with Crippen molar-refractivity contribution in [1.29, 1.82) is 0 Å². The molecule has 1 rings (SSSR count). The molecule has 1 aliphatic heterocycles. The molecule has 0 bridgehead atoms. The molecule has 0 aromatic carbocycles. The maximum Gasteiger partial charge on any atom is 0.264 e. The molecule has 0 aromatic rings. The van der Waals surface area contributed by atoms with Gasteiger partial charge in [-0.05, 0) is 33.6 Å². The lowest BCUT2D eigenvalue weighted by atomic mass is 9.91. The Balaban J connectivity index is 2.50. The fourth-order valence-electron chi connectivity index (χ4n) is 1.94. The molecule has 0 amide bonds. The molecule has 1 aliphatic rings. The third-order valence-corrected chi connectivity index (χ3v) is 3.69. The average molecular weight is 267 g/mol. The Hall–Kier alpha value is -0.200. The molecule has 0 aromatic heterocycles. The summed E-state index contributed by atoms with van der Waals surface area (Å²) < 4.78 is 40.5. The number of hydrogen-bond acceptors (Lipinski definition) is 4. The normalized spacial score (nSPS) is 22.6. The van der Waals surface area contributed by atoms with E-state index in [9.17, 15) is 12.8 Å². The molecule has 102 valence electrons. The van der Waals surface area contributed by atoms with E-state index in [1.807, 2.05) is 0 Å². The Morgan fingerprint density at radius 3 is 2.12 bits per heavy atom. The quantitative estimate of drug-likeness (QED) is 0.728. The van der Waals surface area contributed by atoms with Crippen LogP contribution in [0.25, 0.3) is 0 Å². The summed E-state index contributed by atoms with van der Waals surface area (Å²) in [5.41, 5.74) is -1.48. The summed E-state index contributed by atoms with van der Waals surface area (Å²) in [6.07, 6.45) is 1.58. The summed E-state index contributed by atoms with van der Waals surface area (Å²) in [7, 11) is -3.56. The van der Waals surface area contributed by atoms with Crippen molar-refractivity contribution < 1.29 is 17.0 Å². The highest BCUT2D eigenvalue weighted by molar-refractivity contribution is 7.85. The van der Waals surface area contributed by atoms with E-state index in [2.05, 4.69) is 29.9 Å². The predicted molar refractivity (Wildman–Crippen MR) is 65.2 cm³/mol. The van der Waals surface area contributed by atoms with Crippen LogP contribution in [0.1, 0.15) is 33.6 Å². The largest absolute Gasteiger partial charge is 0.298 e. The fraction of sp³-hybridized carbons (Fsp3) is 1.00. The maximum absolute atomic E-state index is 14.2. The van der Waals surface area contributed by atoms with Crippen molar-refractivity contribution in [1.82, 2.24) is 4.90 Å². The van der Waals surface area contributed by atoms with E-state index in [1.165, 1.54) is 0 Å². The Bertz CT molecular complexity index is 353. The van der Waals surface area contributed by atoms with Crippen LogP contribution in [-0.2, 0) is 14.3 Å². The summed E-state index contributed by atoms with van der Waals surface area (Å²) in [6, 6.07) is 0. The third-order valence-electron chi connectivity index (χ3n) is 3.14. The van der Waals surface area contributed by atoms with Crippen LogP contribution in [0.2, 0.25) is 0 Å². The lowest BCUT2D eigenvalue weighted by molar-refractivity contribution is -0.00805. The van der Waals surface area contributed by atoms with Crippen LogP contribution in [0.3, 0.4) is 0 Å². The molecule has 17 heavy (non-hydrogen) atoms. The molecule has 6 heteroatoms. The van der Waals surface area contributed by atoms with Gasteiger partial charge in [0.25, 0.3) is 10.1 Å². The second-order valence-electron chi connectivity index (χ2n) is 5.78. The van der Waals surface area contributed by atoms with Crippen LogP contribution < -0.4 is 0 Å². The van der Waals surface area contributed by atoms with Crippen LogP contribution in [-0.4, -0.2) is 50.5 Å². The smallest absolute Gasteiger partial charge is 0.264 e. The summed E-state index contributed by atoms with van der Waals surface area (Å²) in [6.45, 7) is 7.17. The Kier molecular flexibility index (Phi) is 4.21. The molecule has 1 fully saturated rings. The summed E-state index contributed by atoms with van der Waals surface area (Å²) in [5, 5.41) is 0. The van der Waals surface area contributed by atoms with E-state index in [4.69, 9.17) is 0 Å². The van der Waals surface area contributed by atoms with Gasteiger partial charge in [0, 0.05) is 18.6 Å². The van der Waals surface area contributed by atoms with Crippen LogP contribution >= 0.6 is 0 Å². The van der Waals surface area contributed by atoms with Gasteiger partial charge in [-0.25, -0.2) is 4.39 Å². The zero-order valence-corrected chi connectivity index (χ0v) is 11.8. The van der Waals surface area contributed by atoms with Gasteiger partial charge in [-0.3, -0.25) is 9.08 Å². The van der Waals surface area contributed by atoms with Gasteiger partial charge < -0.3 is 0 Å². The zero-order valence-electron chi connectivity index (χ0n) is 11.0. The van der Waals surface area contributed by atoms with Crippen molar-refractivity contribution in [2.75, 3.05) is 26.0 Å². The molecule has 0 N–H and O–H groups in total. The number of likely N-dealkylation sites (tertiary alicyclic amines) is 1. The monoisotopic (exact) mass is 267 g/mol. The van der Waals surface area contributed by atoms with Crippen LogP contribution in [0.5, 0.6) is 0 Å². The highest BCUT2D eigenvalue weighted by atomic mass is 32.2. The molecule has 0 atom stereocenters. The van der Waals surface area contributed by atoms with Gasteiger partial charge in [0.15, 0.2) is 0 Å². The molecular formula is C11H22FNO3S. The SMILES string of the molecule is CC(C)(C)N1CCC(F)(COS(C)(=O)=O)CC1. The molecule has 0 spiro atoms. The summed E-state index contributed by atoms with van der Waals surface area (Å²) in [5.74, 6) is 0. The number of hydrogen-bond donors (Lipinski definition) is 0.